The van der Waals surface area contributed by atoms with E-state index in [1.165, 1.54) is 0 Å². The molecule has 0 radical (unpaired) electrons. The summed E-state index contributed by atoms with van der Waals surface area (Å²) >= 11 is 3.15. The van der Waals surface area contributed by atoms with Crippen molar-refractivity contribution < 1.29 is 4.79 Å². The highest BCUT2D eigenvalue weighted by atomic mass is 32.2. The molecule has 1 aliphatic rings. The van der Waals surface area contributed by atoms with Gasteiger partial charge in [-0.1, -0.05) is 12.1 Å². The van der Waals surface area contributed by atoms with Crippen LogP contribution in [0.25, 0.3) is 0 Å². The molecule has 3 rings (SSSR count). The maximum atomic E-state index is 12.0. The smallest absolute Gasteiger partial charge is 0.243 e. The summed E-state index contributed by atoms with van der Waals surface area (Å²) in [5, 5.41) is 4.71. The molecule has 3 nitrogen and oxygen atoms in total. The second-order valence-corrected chi connectivity index (χ2v) is 5.85. The molecule has 1 aromatic carbocycles. The number of nitrogens with two attached hydrogens (primary N) is 1. The van der Waals surface area contributed by atoms with Gasteiger partial charge in [0, 0.05) is 9.77 Å². The highest BCUT2D eigenvalue weighted by Crippen LogP contribution is 2.46. The number of fused-ring (bicyclic) bond motifs is 1. The van der Waals surface area contributed by atoms with Gasteiger partial charge in [0.25, 0.3) is 0 Å². The van der Waals surface area contributed by atoms with E-state index in [0.717, 1.165) is 15.5 Å². The van der Waals surface area contributed by atoms with Crippen molar-refractivity contribution in [2.45, 2.75) is 10.1 Å². The average Bonchev–Trinajstić information content (AvgIpc) is 2.83. The van der Waals surface area contributed by atoms with Gasteiger partial charge in [0.2, 0.25) is 5.91 Å². The van der Waals surface area contributed by atoms with Gasteiger partial charge in [0.1, 0.15) is 5.25 Å². The minimum absolute atomic E-state index is 0.00264. The molecule has 5 heteroatoms. The van der Waals surface area contributed by atoms with Crippen molar-refractivity contribution in [3.8, 4) is 0 Å². The number of thiophene rings is 1. The van der Waals surface area contributed by atoms with Crippen LogP contribution in [-0.4, -0.2) is 5.91 Å². The fourth-order valence-corrected chi connectivity index (χ4v) is 3.85. The van der Waals surface area contributed by atoms with Gasteiger partial charge >= 0.3 is 0 Å². The molecule has 1 atom stereocenters. The largest absolute Gasteiger partial charge is 0.397 e. The van der Waals surface area contributed by atoms with Crippen LogP contribution < -0.4 is 11.1 Å². The molecular weight excluding hydrogens is 252 g/mol. The molecule has 1 aliphatic heterocycles. The third-order valence-electron chi connectivity index (χ3n) is 2.59. The number of nitrogen functional groups attached to an aromatic ring is 1. The highest BCUT2D eigenvalue weighted by Gasteiger charge is 2.29. The Morgan fingerprint density at radius 2 is 2.12 bits per heavy atom. The highest BCUT2D eigenvalue weighted by molar-refractivity contribution is 8.00. The number of thioether (sulfide) groups is 1. The predicted molar refractivity (Wildman–Crippen MR) is 72.4 cm³/mol. The fourth-order valence-electron chi connectivity index (χ4n) is 1.78. The number of anilines is 2. The summed E-state index contributed by atoms with van der Waals surface area (Å²) in [6.07, 6.45) is 0. The zero-order valence-corrected chi connectivity index (χ0v) is 10.5. The zero-order chi connectivity index (χ0) is 11.8. The van der Waals surface area contributed by atoms with Crippen molar-refractivity contribution >= 4 is 40.4 Å². The number of hydrogen-bond donors (Lipinski definition) is 2. The molecule has 2 aromatic rings. The molecule has 1 aromatic heterocycles. The van der Waals surface area contributed by atoms with Gasteiger partial charge in [0.05, 0.1) is 11.4 Å². The standard InChI is InChI=1S/C12H10N2OS2/c13-7-3-1-4-8-10(7)14-12(15)11(17-8)9-5-2-6-16-9/h1-6,11H,13H2,(H,14,15). The van der Waals surface area contributed by atoms with Gasteiger partial charge in [-0.25, -0.2) is 0 Å². The van der Waals surface area contributed by atoms with Crippen LogP contribution in [0.1, 0.15) is 10.1 Å². The van der Waals surface area contributed by atoms with Crippen LogP contribution in [0.4, 0.5) is 11.4 Å². The molecule has 0 saturated heterocycles. The summed E-state index contributed by atoms with van der Waals surface area (Å²) in [5.74, 6) is 0.00264. The van der Waals surface area contributed by atoms with Crippen molar-refractivity contribution in [1.82, 2.24) is 0 Å². The third-order valence-corrected chi connectivity index (χ3v) is 4.98. The van der Waals surface area contributed by atoms with Crippen LogP contribution in [0.2, 0.25) is 0 Å². The molecule has 0 fully saturated rings. The fraction of sp³-hybridized carbons (Fsp3) is 0.0833. The second kappa shape index (κ2) is 4.09. The third kappa shape index (κ3) is 1.81. The van der Waals surface area contributed by atoms with Crippen molar-refractivity contribution in [1.29, 1.82) is 0 Å². The van der Waals surface area contributed by atoms with Crippen LogP contribution in [-0.2, 0) is 4.79 Å². The number of para-hydroxylation sites is 1. The van der Waals surface area contributed by atoms with E-state index in [1.807, 2.05) is 29.6 Å². The SMILES string of the molecule is Nc1cccc2c1NC(=O)C(c1cccs1)S2. The van der Waals surface area contributed by atoms with E-state index >= 15 is 0 Å². The van der Waals surface area contributed by atoms with E-state index in [2.05, 4.69) is 5.32 Å². The topological polar surface area (TPSA) is 55.1 Å². The number of nitrogens with one attached hydrogen (secondary N) is 1. The Morgan fingerprint density at radius 1 is 1.24 bits per heavy atom. The van der Waals surface area contributed by atoms with Gasteiger partial charge in [-0.15, -0.1) is 23.1 Å². The summed E-state index contributed by atoms with van der Waals surface area (Å²) in [7, 11) is 0. The minimum atomic E-state index is -0.163. The number of amides is 1. The van der Waals surface area contributed by atoms with Gasteiger partial charge in [-0.3, -0.25) is 4.79 Å². The van der Waals surface area contributed by atoms with Gasteiger partial charge < -0.3 is 11.1 Å². The number of carbonyl (C=O) groups is 1. The van der Waals surface area contributed by atoms with E-state index in [4.69, 9.17) is 5.73 Å². The number of rotatable bonds is 1. The minimum Gasteiger partial charge on any atom is -0.397 e. The Bertz CT molecular complexity index is 566. The van der Waals surface area contributed by atoms with Crippen molar-refractivity contribution in [3.63, 3.8) is 0 Å². The van der Waals surface area contributed by atoms with Crippen LogP contribution in [0, 0.1) is 0 Å². The first-order valence-electron chi connectivity index (χ1n) is 5.15. The maximum Gasteiger partial charge on any atom is 0.243 e. The van der Waals surface area contributed by atoms with Crippen LogP contribution in [0.15, 0.2) is 40.6 Å². The first-order valence-corrected chi connectivity index (χ1v) is 6.91. The molecule has 86 valence electrons. The van der Waals surface area contributed by atoms with Crippen LogP contribution in [0.3, 0.4) is 0 Å². The number of hydrogen-bond acceptors (Lipinski definition) is 4. The first-order chi connectivity index (χ1) is 8.25. The summed E-state index contributed by atoms with van der Waals surface area (Å²) in [6.45, 7) is 0. The Morgan fingerprint density at radius 3 is 2.88 bits per heavy atom. The lowest BCUT2D eigenvalue weighted by molar-refractivity contribution is -0.115. The Balaban J connectivity index is 2.01. The quantitative estimate of drug-likeness (QED) is 0.776. The van der Waals surface area contributed by atoms with Crippen molar-refractivity contribution in [3.05, 3.63) is 40.6 Å². The summed E-state index contributed by atoms with van der Waals surface area (Å²) in [4.78, 5) is 14.1. The number of benzene rings is 1. The lowest BCUT2D eigenvalue weighted by Crippen LogP contribution is -2.23. The molecule has 0 saturated carbocycles. The lowest BCUT2D eigenvalue weighted by atomic mass is 10.2. The average molecular weight is 262 g/mol. The molecule has 1 amide bonds. The molecule has 1 unspecified atom stereocenters. The van der Waals surface area contributed by atoms with Crippen LogP contribution in [0.5, 0.6) is 0 Å². The molecule has 0 spiro atoms. The Labute approximate surface area is 107 Å². The number of carbonyl (C=O) groups excluding carboxylic acids is 1. The predicted octanol–water partition coefficient (Wildman–Crippen LogP) is 3.12. The molecule has 2 heterocycles. The molecule has 0 aliphatic carbocycles. The van der Waals surface area contributed by atoms with Crippen molar-refractivity contribution in [2.24, 2.45) is 0 Å². The molecule has 17 heavy (non-hydrogen) atoms. The van der Waals surface area contributed by atoms with Crippen molar-refractivity contribution in [2.75, 3.05) is 11.1 Å². The van der Waals surface area contributed by atoms with E-state index < -0.39 is 0 Å². The van der Waals surface area contributed by atoms with E-state index in [-0.39, 0.29) is 11.2 Å². The zero-order valence-electron chi connectivity index (χ0n) is 8.84. The summed E-state index contributed by atoms with van der Waals surface area (Å²) < 4.78 is 0. The monoisotopic (exact) mass is 262 g/mol. The molecule has 0 bridgehead atoms. The lowest BCUT2D eigenvalue weighted by Gasteiger charge is -2.24. The maximum absolute atomic E-state index is 12.0. The second-order valence-electron chi connectivity index (χ2n) is 3.72. The summed E-state index contributed by atoms with van der Waals surface area (Å²) in [6, 6.07) is 9.63. The Kier molecular flexibility index (Phi) is 2.57. The molecular formula is C12H10N2OS2. The van der Waals surface area contributed by atoms with Gasteiger partial charge in [-0.05, 0) is 23.6 Å². The van der Waals surface area contributed by atoms with E-state index in [0.29, 0.717) is 5.69 Å². The van der Waals surface area contributed by atoms with Gasteiger partial charge in [-0.2, -0.15) is 0 Å². The molecule has 3 N–H and O–H groups in total. The van der Waals surface area contributed by atoms with Gasteiger partial charge in [0.15, 0.2) is 0 Å². The summed E-state index contributed by atoms with van der Waals surface area (Å²) in [5.41, 5.74) is 7.21. The van der Waals surface area contributed by atoms with E-state index in [1.54, 1.807) is 29.2 Å². The Hall–Kier alpha value is -1.46. The normalized spacial score (nSPS) is 18.6. The first kappa shape index (κ1) is 10.7. The van der Waals surface area contributed by atoms with Crippen LogP contribution >= 0.6 is 23.1 Å². The van der Waals surface area contributed by atoms with E-state index in [9.17, 15) is 4.79 Å².